The first-order valence-corrected chi connectivity index (χ1v) is 7.05. The molecule has 108 valence electrons. The Hall–Kier alpha value is -1.28. The largest absolute Gasteiger partial charge is 0.361 e. The number of rotatable bonds is 6. The Morgan fingerprint density at radius 3 is 2.68 bits per heavy atom. The SMILES string of the molecule is Cc1cn(C[C@H](CF)OCP(=O)(O)O)c(=O)[nH]c1=O. The van der Waals surface area contributed by atoms with Crippen molar-refractivity contribution in [1.29, 1.82) is 0 Å². The van der Waals surface area contributed by atoms with Crippen molar-refractivity contribution in [3.63, 3.8) is 0 Å². The highest BCUT2D eigenvalue weighted by molar-refractivity contribution is 7.51. The first-order chi connectivity index (χ1) is 8.73. The fraction of sp³-hybridized carbons (Fsp3) is 0.556. The molecule has 0 bridgehead atoms. The van der Waals surface area contributed by atoms with Crippen LogP contribution in [0.4, 0.5) is 4.39 Å². The lowest BCUT2D eigenvalue weighted by atomic mass is 10.3. The summed E-state index contributed by atoms with van der Waals surface area (Å²) in [5.41, 5.74) is -1.03. The summed E-state index contributed by atoms with van der Waals surface area (Å²) in [6.07, 6.45) is -0.890. The lowest BCUT2D eigenvalue weighted by Crippen LogP contribution is -2.35. The predicted octanol–water partition coefficient (Wildman–Crippen LogP) is -0.665. The third-order valence-corrected chi connectivity index (χ3v) is 2.73. The zero-order valence-corrected chi connectivity index (χ0v) is 11.0. The molecule has 1 aromatic rings. The molecule has 1 rings (SSSR count). The molecular formula is C9H14FN2O6P. The quantitative estimate of drug-likeness (QED) is 0.599. The number of hydrogen-bond acceptors (Lipinski definition) is 4. The number of halogens is 1. The van der Waals surface area contributed by atoms with Crippen LogP contribution in [0.25, 0.3) is 0 Å². The molecule has 0 aliphatic rings. The summed E-state index contributed by atoms with van der Waals surface area (Å²) >= 11 is 0. The van der Waals surface area contributed by atoms with Gasteiger partial charge in [-0.05, 0) is 6.92 Å². The zero-order chi connectivity index (χ0) is 14.6. The number of ether oxygens (including phenoxy) is 1. The van der Waals surface area contributed by atoms with Crippen molar-refractivity contribution < 1.29 is 23.5 Å². The molecule has 1 heterocycles. The molecule has 0 spiro atoms. The molecule has 0 unspecified atom stereocenters. The number of aromatic amines is 1. The van der Waals surface area contributed by atoms with Gasteiger partial charge in [0.1, 0.15) is 19.1 Å². The molecule has 0 amide bonds. The van der Waals surface area contributed by atoms with Gasteiger partial charge in [-0.3, -0.25) is 18.9 Å². The fourth-order valence-corrected chi connectivity index (χ4v) is 1.73. The predicted molar refractivity (Wildman–Crippen MR) is 63.8 cm³/mol. The van der Waals surface area contributed by atoms with Crippen LogP contribution in [-0.2, 0) is 15.8 Å². The monoisotopic (exact) mass is 296 g/mol. The Morgan fingerprint density at radius 2 is 2.16 bits per heavy atom. The fourth-order valence-electron chi connectivity index (χ4n) is 1.32. The number of alkyl halides is 1. The number of nitrogens with zero attached hydrogens (tertiary/aromatic N) is 1. The van der Waals surface area contributed by atoms with E-state index >= 15 is 0 Å². The van der Waals surface area contributed by atoms with Gasteiger partial charge in [-0.25, -0.2) is 9.18 Å². The highest BCUT2D eigenvalue weighted by Crippen LogP contribution is 2.34. The van der Waals surface area contributed by atoms with Crippen LogP contribution in [0.5, 0.6) is 0 Å². The van der Waals surface area contributed by atoms with Gasteiger partial charge in [-0.1, -0.05) is 0 Å². The second-order valence-corrected chi connectivity index (χ2v) is 5.55. The van der Waals surface area contributed by atoms with E-state index in [4.69, 9.17) is 14.5 Å². The Bertz CT molecular complexity index is 591. The smallest absolute Gasteiger partial charge is 0.350 e. The minimum Gasteiger partial charge on any atom is -0.361 e. The molecule has 0 aliphatic heterocycles. The van der Waals surface area contributed by atoms with Gasteiger partial charge in [0.05, 0.1) is 6.54 Å². The number of aryl methyl sites for hydroxylation is 1. The van der Waals surface area contributed by atoms with E-state index in [0.717, 1.165) is 4.57 Å². The Labute approximate surface area is 107 Å². The Balaban J connectivity index is 2.82. The highest BCUT2D eigenvalue weighted by atomic mass is 31.2. The number of H-pyrrole nitrogens is 1. The summed E-state index contributed by atoms with van der Waals surface area (Å²) in [4.78, 5) is 41.8. The van der Waals surface area contributed by atoms with Crippen LogP contribution in [0, 0.1) is 6.92 Å². The summed E-state index contributed by atoms with van der Waals surface area (Å²) in [6, 6.07) is 0. The molecule has 1 aromatic heterocycles. The van der Waals surface area contributed by atoms with Gasteiger partial charge in [0.2, 0.25) is 0 Å². The van der Waals surface area contributed by atoms with Crippen LogP contribution >= 0.6 is 7.60 Å². The van der Waals surface area contributed by atoms with Crippen molar-refractivity contribution in [3.8, 4) is 0 Å². The number of hydrogen-bond donors (Lipinski definition) is 3. The maximum atomic E-state index is 12.7. The second-order valence-electron chi connectivity index (χ2n) is 3.96. The van der Waals surface area contributed by atoms with Crippen LogP contribution in [0.15, 0.2) is 15.8 Å². The van der Waals surface area contributed by atoms with Gasteiger partial charge in [0.25, 0.3) is 5.56 Å². The first kappa shape index (κ1) is 15.8. The van der Waals surface area contributed by atoms with E-state index in [-0.39, 0.29) is 12.1 Å². The first-order valence-electron chi connectivity index (χ1n) is 5.25. The topological polar surface area (TPSA) is 122 Å². The van der Waals surface area contributed by atoms with E-state index in [1.807, 2.05) is 4.98 Å². The van der Waals surface area contributed by atoms with Crippen molar-refractivity contribution in [1.82, 2.24) is 9.55 Å². The summed E-state index contributed by atoms with van der Waals surface area (Å²) in [7, 11) is -4.40. The molecule has 0 aliphatic carbocycles. The van der Waals surface area contributed by atoms with Gasteiger partial charge < -0.3 is 14.5 Å². The van der Waals surface area contributed by atoms with Gasteiger partial charge >= 0.3 is 13.3 Å². The van der Waals surface area contributed by atoms with E-state index in [0.29, 0.717) is 0 Å². The van der Waals surface area contributed by atoms with Crippen molar-refractivity contribution in [2.24, 2.45) is 0 Å². The van der Waals surface area contributed by atoms with Gasteiger partial charge in [0.15, 0.2) is 0 Å². The maximum absolute atomic E-state index is 12.7. The van der Waals surface area contributed by atoms with Crippen LogP contribution in [-0.4, -0.2) is 38.5 Å². The molecule has 3 N–H and O–H groups in total. The Kier molecular flexibility index (Phi) is 5.19. The molecule has 1 atom stereocenters. The van der Waals surface area contributed by atoms with E-state index in [2.05, 4.69) is 0 Å². The molecule has 8 nitrogen and oxygen atoms in total. The molecule has 19 heavy (non-hydrogen) atoms. The average Bonchev–Trinajstić information content (AvgIpc) is 2.29. The molecule has 0 aromatic carbocycles. The summed E-state index contributed by atoms with van der Waals surface area (Å²) in [5.74, 6) is 0. The molecule has 10 heteroatoms. The van der Waals surface area contributed by atoms with Crippen LogP contribution in [0.1, 0.15) is 5.56 Å². The lowest BCUT2D eigenvalue weighted by molar-refractivity contribution is 0.0429. The van der Waals surface area contributed by atoms with Gasteiger partial charge in [0, 0.05) is 11.8 Å². The second kappa shape index (κ2) is 6.25. The van der Waals surface area contributed by atoms with Crippen molar-refractivity contribution in [2.75, 3.05) is 13.0 Å². The third kappa shape index (κ3) is 5.07. The van der Waals surface area contributed by atoms with E-state index < -0.39 is 38.0 Å². The maximum Gasteiger partial charge on any atom is 0.350 e. The highest BCUT2D eigenvalue weighted by Gasteiger charge is 2.19. The molecule has 0 saturated carbocycles. The van der Waals surface area contributed by atoms with Crippen LogP contribution < -0.4 is 11.2 Å². The molecule has 0 fully saturated rings. The Morgan fingerprint density at radius 1 is 1.53 bits per heavy atom. The third-order valence-electron chi connectivity index (χ3n) is 2.24. The summed E-state index contributed by atoms with van der Waals surface area (Å²) in [5, 5.41) is 0. The van der Waals surface area contributed by atoms with E-state index in [1.54, 1.807) is 0 Å². The minimum absolute atomic E-state index is 0.257. The van der Waals surface area contributed by atoms with Crippen molar-refractivity contribution >= 4 is 7.60 Å². The van der Waals surface area contributed by atoms with E-state index in [1.165, 1.54) is 13.1 Å². The summed E-state index contributed by atoms with van der Waals surface area (Å²) < 4.78 is 29.0. The van der Waals surface area contributed by atoms with Crippen LogP contribution in [0.2, 0.25) is 0 Å². The standard InChI is InChI=1S/C9H14FN2O6P/c1-6-3-12(9(14)11-8(6)13)4-7(2-10)18-5-19(15,16)17/h3,7H,2,4-5H2,1H3,(H,11,13,14)(H2,15,16,17)/t7-/m0/s1. The van der Waals surface area contributed by atoms with Gasteiger partial charge in [-0.15, -0.1) is 0 Å². The summed E-state index contributed by atoms with van der Waals surface area (Å²) in [6.45, 7) is 0.188. The normalized spacial score (nSPS) is 13.5. The molecule has 0 saturated heterocycles. The lowest BCUT2D eigenvalue weighted by Gasteiger charge is -2.16. The van der Waals surface area contributed by atoms with E-state index in [9.17, 15) is 18.5 Å². The van der Waals surface area contributed by atoms with Crippen molar-refractivity contribution in [2.45, 2.75) is 19.6 Å². The average molecular weight is 296 g/mol. The molecule has 0 radical (unpaired) electrons. The van der Waals surface area contributed by atoms with Crippen LogP contribution in [0.3, 0.4) is 0 Å². The number of nitrogens with one attached hydrogen (secondary N) is 1. The number of aromatic nitrogens is 2. The van der Waals surface area contributed by atoms with Crippen molar-refractivity contribution in [3.05, 3.63) is 32.6 Å². The molecular weight excluding hydrogens is 282 g/mol. The van der Waals surface area contributed by atoms with Gasteiger partial charge in [-0.2, -0.15) is 0 Å². The zero-order valence-electron chi connectivity index (χ0n) is 10.1. The minimum atomic E-state index is -4.40.